The number of methoxy groups -OCH3 is 1. The van der Waals surface area contributed by atoms with E-state index in [0.717, 1.165) is 12.8 Å². The van der Waals surface area contributed by atoms with Crippen molar-refractivity contribution in [1.29, 1.82) is 0 Å². The van der Waals surface area contributed by atoms with Gasteiger partial charge in [0.25, 0.3) is 0 Å². The van der Waals surface area contributed by atoms with Gasteiger partial charge in [-0.1, -0.05) is 25.2 Å². The molecule has 1 unspecified atom stereocenters. The van der Waals surface area contributed by atoms with Crippen molar-refractivity contribution in [3.63, 3.8) is 0 Å². The van der Waals surface area contributed by atoms with Crippen LogP contribution in [-0.2, 0) is 0 Å². The molecule has 0 aromatic heterocycles. The van der Waals surface area contributed by atoms with Crippen LogP contribution in [0.1, 0.15) is 25.3 Å². The highest BCUT2D eigenvalue weighted by molar-refractivity contribution is 5.46. The number of rotatable bonds is 3. The maximum atomic E-state index is 13.0. The van der Waals surface area contributed by atoms with E-state index in [2.05, 4.69) is 11.8 Å². The van der Waals surface area contributed by atoms with Crippen molar-refractivity contribution in [2.75, 3.05) is 7.11 Å². The molecule has 0 fully saturated rings. The van der Waals surface area contributed by atoms with Crippen molar-refractivity contribution < 1.29 is 9.13 Å². The SMILES string of the molecule is CCCC(N)C#Cc1cc(F)ccc1OC. The van der Waals surface area contributed by atoms with Gasteiger partial charge in [-0.3, -0.25) is 0 Å². The van der Waals surface area contributed by atoms with Crippen molar-refractivity contribution in [1.82, 2.24) is 0 Å². The van der Waals surface area contributed by atoms with Crippen LogP contribution in [0.4, 0.5) is 4.39 Å². The first kappa shape index (κ1) is 12.5. The summed E-state index contributed by atoms with van der Waals surface area (Å²) in [7, 11) is 1.53. The molecule has 16 heavy (non-hydrogen) atoms. The van der Waals surface area contributed by atoms with Crippen LogP contribution in [0, 0.1) is 17.7 Å². The molecule has 0 aliphatic heterocycles. The molecule has 0 aliphatic rings. The molecule has 0 radical (unpaired) electrons. The summed E-state index contributed by atoms with van der Waals surface area (Å²) in [6.07, 6.45) is 1.82. The average Bonchev–Trinajstić information content (AvgIpc) is 2.27. The van der Waals surface area contributed by atoms with E-state index in [1.165, 1.54) is 19.2 Å². The standard InChI is InChI=1S/C13H16FNO/c1-3-4-12(15)7-5-10-9-11(14)6-8-13(10)16-2/h6,8-9,12H,3-4,15H2,1-2H3. The maximum absolute atomic E-state index is 13.0. The summed E-state index contributed by atoms with van der Waals surface area (Å²) in [4.78, 5) is 0. The summed E-state index contributed by atoms with van der Waals surface area (Å²) in [6, 6.07) is 4.09. The molecule has 0 heterocycles. The van der Waals surface area contributed by atoms with Gasteiger partial charge in [0.2, 0.25) is 0 Å². The molecule has 0 saturated carbocycles. The summed E-state index contributed by atoms with van der Waals surface area (Å²) in [6.45, 7) is 2.05. The van der Waals surface area contributed by atoms with Crippen LogP contribution in [0.15, 0.2) is 18.2 Å². The lowest BCUT2D eigenvalue weighted by Crippen LogP contribution is -2.16. The zero-order valence-corrected chi connectivity index (χ0v) is 9.59. The van der Waals surface area contributed by atoms with E-state index in [0.29, 0.717) is 11.3 Å². The molecule has 0 aliphatic carbocycles. The molecule has 1 atom stereocenters. The van der Waals surface area contributed by atoms with Gasteiger partial charge in [-0.15, -0.1) is 0 Å². The van der Waals surface area contributed by atoms with Crippen molar-refractivity contribution in [2.45, 2.75) is 25.8 Å². The number of hydrogen-bond acceptors (Lipinski definition) is 2. The largest absolute Gasteiger partial charge is 0.495 e. The van der Waals surface area contributed by atoms with E-state index >= 15 is 0 Å². The van der Waals surface area contributed by atoms with Gasteiger partial charge in [0, 0.05) is 0 Å². The second-order valence-electron chi connectivity index (χ2n) is 3.51. The molecular weight excluding hydrogens is 205 g/mol. The molecular formula is C13H16FNO. The van der Waals surface area contributed by atoms with E-state index in [4.69, 9.17) is 10.5 Å². The second-order valence-corrected chi connectivity index (χ2v) is 3.51. The normalized spacial score (nSPS) is 11.5. The van der Waals surface area contributed by atoms with Gasteiger partial charge in [-0.2, -0.15) is 0 Å². The molecule has 2 nitrogen and oxygen atoms in total. The van der Waals surface area contributed by atoms with Gasteiger partial charge < -0.3 is 10.5 Å². The highest BCUT2D eigenvalue weighted by Gasteiger charge is 2.02. The van der Waals surface area contributed by atoms with Crippen LogP contribution in [-0.4, -0.2) is 13.2 Å². The lowest BCUT2D eigenvalue weighted by atomic mass is 10.1. The Labute approximate surface area is 95.6 Å². The molecule has 1 aromatic rings. The Hall–Kier alpha value is -1.53. The van der Waals surface area contributed by atoms with Crippen LogP contribution in [0.2, 0.25) is 0 Å². The fourth-order valence-corrected chi connectivity index (χ4v) is 1.33. The minimum absolute atomic E-state index is 0.169. The van der Waals surface area contributed by atoms with E-state index in [-0.39, 0.29) is 11.9 Å². The quantitative estimate of drug-likeness (QED) is 0.795. The number of hydrogen-bond donors (Lipinski definition) is 1. The third-order valence-corrected chi connectivity index (χ3v) is 2.15. The van der Waals surface area contributed by atoms with Gasteiger partial charge >= 0.3 is 0 Å². The molecule has 0 amide bonds. The van der Waals surface area contributed by atoms with Gasteiger partial charge in [-0.05, 0) is 24.6 Å². The first-order valence-corrected chi connectivity index (χ1v) is 5.28. The molecule has 3 heteroatoms. The van der Waals surface area contributed by atoms with Crippen LogP contribution >= 0.6 is 0 Å². The average molecular weight is 221 g/mol. The molecule has 2 N–H and O–H groups in total. The van der Waals surface area contributed by atoms with Crippen molar-refractivity contribution in [3.05, 3.63) is 29.6 Å². The molecule has 86 valence electrons. The Bertz CT molecular complexity index is 406. The fourth-order valence-electron chi connectivity index (χ4n) is 1.33. The lowest BCUT2D eigenvalue weighted by Gasteiger charge is -2.03. The first-order chi connectivity index (χ1) is 7.67. The van der Waals surface area contributed by atoms with Crippen molar-refractivity contribution >= 4 is 0 Å². The first-order valence-electron chi connectivity index (χ1n) is 5.28. The smallest absolute Gasteiger partial charge is 0.134 e. The molecule has 1 aromatic carbocycles. The van der Waals surface area contributed by atoms with Crippen molar-refractivity contribution in [3.8, 4) is 17.6 Å². The summed E-state index contributed by atoms with van der Waals surface area (Å²) in [5.74, 6) is 5.97. The minimum atomic E-state index is -0.325. The number of ether oxygens (including phenoxy) is 1. The highest BCUT2D eigenvalue weighted by Crippen LogP contribution is 2.17. The third-order valence-electron chi connectivity index (χ3n) is 2.15. The van der Waals surface area contributed by atoms with E-state index in [9.17, 15) is 4.39 Å². The van der Waals surface area contributed by atoms with Crippen LogP contribution in [0.3, 0.4) is 0 Å². The highest BCUT2D eigenvalue weighted by atomic mass is 19.1. The predicted molar refractivity (Wildman–Crippen MR) is 62.7 cm³/mol. The maximum Gasteiger partial charge on any atom is 0.134 e. The summed E-state index contributed by atoms with van der Waals surface area (Å²) >= 11 is 0. The molecule has 0 saturated heterocycles. The molecule has 0 bridgehead atoms. The van der Waals surface area contributed by atoms with Gasteiger partial charge in [0.05, 0.1) is 18.7 Å². The van der Waals surface area contributed by atoms with Gasteiger partial charge in [0.1, 0.15) is 11.6 Å². The summed E-state index contributed by atoms with van der Waals surface area (Å²) < 4.78 is 18.1. The van der Waals surface area contributed by atoms with E-state index in [1.807, 2.05) is 6.92 Å². The lowest BCUT2D eigenvalue weighted by molar-refractivity contribution is 0.412. The predicted octanol–water partition coefficient (Wildman–Crippen LogP) is 2.31. The van der Waals surface area contributed by atoms with Gasteiger partial charge in [0.15, 0.2) is 0 Å². The van der Waals surface area contributed by atoms with Crippen molar-refractivity contribution in [2.24, 2.45) is 5.73 Å². The second kappa shape index (κ2) is 6.14. The minimum Gasteiger partial charge on any atom is -0.495 e. The Morgan fingerprint density at radius 3 is 2.88 bits per heavy atom. The fraction of sp³-hybridized carbons (Fsp3) is 0.385. The topological polar surface area (TPSA) is 35.2 Å². The zero-order chi connectivity index (χ0) is 12.0. The Kier molecular flexibility index (Phi) is 4.81. The Morgan fingerprint density at radius 1 is 1.50 bits per heavy atom. The number of benzene rings is 1. The Balaban J connectivity index is 2.90. The van der Waals surface area contributed by atoms with E-state index < -0.39 is 0 Å². The number of nitrogens with two attached hydrogens (primary N) is 1. The van der Waals surface area contributed by atoms with Crippen LogP contribution in [0.25, 0.3) is 0 Å². The van der Waals surface area contributed by atoms with Crippen LogP contribution in [0.5, 0.6) is 5.75 Å². The molecule has 1 rings (SSSR count). The van der Waals surface area contributed by atoms with Gasteiger partial charge in [-0.25, -0.2) is 4.39 Å². The van der Waals surface area contributed by atoms with E-state index in [1.54, 1.807) is 6.07 Å². The zero-order valence-electron chi connectivity index (χ0n) is 9.59. The summed E-state index contributed by atoms with van der Waals surface area (Å²) in [5.41, 5.74) is 6.29. The number of halogens is 1. The Morgan fingerprint density at radius 2 is 2.25 bits per heavy atom. The van der Waals surface area contributed by atoms with Crippen LogP contribution < -0.4 is 10.5 Å². The molecule has 0 spiro atoms. The monoisotopic (exact) mass is 221 g/mol. The third kappa shape index (κ3) is 3.56. The summed E-state index contributed by atoms with van der Waals surface area (Å²) in [5, 5.41) is 0.